The van der Waals surface area contributed by atoms with E-state index in [-0.39, 0.29) is 10.6 Å². The van der Waals surface area contributed by atoms with E-state index in [0.717, 1.165) is 48.7 Å². The van der Waals surface area contributed by atoms with Gasteiger partial charge >= 0.3 is 0 Å². The molecule has 7 nitrogen and oxygen atoms in total. The average Bonchev–Trinajstić information content (AvgIpc) is 3.10. The van der Waals surface area contributed by atoms with Crippen molar-refractivity contribution >= 4 is 22.9 Å². The van der Waals surface area contributed by atoms with Crippen LogP contribution in [0.1, 0.15) is 25.0 Å². The van der Waals surface area contributed by atoms with Crippen molar-refractivity contribution in [2.45, 2.75) is 26.8 Å². The van der Waals surface area contributed by atoms with Crippen LogP contribution in [0.3, 0.4) is 0 Å². The van der Waals surface area contributed by atoms with Gasteiger partial charge in [0.2, 0.25) is 0 Å². The van der Waals surface area contributed by atoms with Gasteiger partial charge in [0.05, 0.1) is 4.92 Å². The topological polar surface area (TPSA) is 83.3 Å². The predicted molar refractivity (Wildman–Crippen MR) is 100 cm³/mol. The highest BCUT2D eigenvalue weighted by molar-refractivity contribution is 5.77. The summed E-state index contributed by atoms with van der Waals surface area (Å²) in [6.45, 7) is 7.34. The van der Waals surface area contributed by atoms with E-state index in [0.29, 0.717) is 12.2 Å². The van der Waals surface area contributed by atoms with Gasteiger partial charge in [0, 0.05) is 49.7 Å². The van der Waals surface area contributed by atoms with E-state index in [1.54, 1.807) is 12.1 Å². The first-order chi connectivity index (χ1) is 12.1. The molecule has 0 saturated carbocycles. The number of pyridine rings is 1. The Labute approximate surface area is 147 Å². The fraction of sp³-hybridized carbons (Fsp3) is 0.389. The normalized spacial score (nSPS) is 12.4. The van der Waals surface area contributed by atoms with E-state index < -0.39 is 0 Å². The van der Waals surface area contributed by atoms with Gasteiger partial charge in [-0.3, -0.25) is 10.1 Å². The molecule has 1 aromatic heterocycles. The van der Waals surface area contributed by atoms with Gasteiger partial charge in [-0.2, -0.15) is 0 Å². The summed E-state index contributed by atoms with van der Waals surface area (Å²) in [5.74, 6) is 0.949. The van der Waals surface area contributed by atoms with Crippen LogP contribution in [0.25, 0.3) is 0 Å². The molecule has 0 radical (unpaired) electrons. The second-order valence-corrected chi connectivity index (χ2v) is 5.97. The minimum atomic E-state index is -0.331. The molecule has 3 rings (SSSR count). The van der Waals surface area contributed by atoms with Crippen LogP contribution in [-0.2, 0) is 13.0 Å². The number of hydrogen-bond donors (Lipinski definition) is 2. The maximum atomic E-state index is 11.3. The fourth-order valence-corrected chi connectivity index (χ4v) is 3.18. The summed E-state index contributed by atoms with van der Waals surface area (Å²) < 4.78 is 0. The van der Waals surface area contributed by atoms with Crippen molar-refractivity contribution in [3.05, 3.63) is 51.7 Å². The van der Waals surface area contributed by atoms with E-state index in [9.17, 15) is 10.1 Å². The van der Waals surface area contributed by atoms with Gasteiger partial charge in [-0.15, -0.1) is 0 Å². The van der Waals surface area contributed by atoms with E-state index in [1.807, 2.05) is 18.3 Å². The minimum Gasteiger partial charge on any atom is -0.384 e. The van der Waals surface area contributed by atoms with Crippen LogP contribution in [0.4, 0.5) is 22.9 Å². The number of nitro benzene ring substituents is 1. The lowest BCUT2D eigenvalue weighted by molar-refractivity contribution is -0.384. The van der Waals surface area contributed by atoms with Gasteiger partial charge in [0.15, 0.2) is 0 Å². The lowest BCUT2D eigenvalue weighted by Gasteiger charge is -2.19. The molecule has 1 aromatic carbocycles. The molecule has 0 spiro atoms. The zero-order chi connectivity index (χ0) is 17.8. The molecule has 0 aliphatic carbocycles. The molecule has 0 atom stereocenters. The van der Waals surface area contributed by atoms with Gasteiger partial charge < -0.3 is 15.5 Å². The number of aromatic nitrogens is 1. The fourth-order valence-electron chi connectivity index (χ4n) is 3.18. The number of nitrogens with one attached hydrogen (secondary N) is 2. The molecular formula is C18H23N5O2. The molecule has 7 heteroatoms. The van der Waals surface area contributed by atoms with E-state index in [4.69, 9.17) is 0 Å². The van der Waals surface area contributed by atoms with Crippen molar-refractivity contribution in [1.29, 1.82) is 0 Å². The van der Waals surface area contributed by atoms with Crippen LogP contribution in [0, 0.1) is 10.1 Å². The number of hydrogen-bond acceptors (Lipinski definition) is 6. The molecule has 2 heterocycles. The summed E-state index contributed by atoms with van der Waals surface area (Å²) in [6, 6.07) is 7.35. The summed E-state index contributed by atoms with van der Waals surface area (Å²) in [4.78, 5) is 17.7. The summed E-state index contributed by atoms with van der Waals surface area (Å²) in [7, 11) is 0. The van der Waals surface area contributed by atoms with Gasteiger partial charge in [-0.1, -0.05) is 6.07 Å². The van der Waals surface area contributed by atoms with Crippen molar-refractivity contribution in [2.24, 2.45) is 0 Å². The number of anilines is 3. The average molecular weight is 341 g/mol. The smallest absolute Gasteiger partial charge is 0.292 e. The van der Waals surface area contributed by atoms with E-state index in [1.165, 1.54) is 0 Å². The van der Waals surface area contributed by atoms with Crippen molar-refractivity contribution in [2.75, 3.05) is 35.2 Å². The number of benzene rings is 1. The SMILES string of the molecule is CCN(CC)c1ccc(CNc2c([N+](=O)[O-])ccc3c2CCN3)cn1. The Hall–Kier alpha value is -2.83. The summed E-state index contributed by atoms with van der Waals surface area (Å²) in [5.41, 5.74) is 3.69. The molecular weight excluding hydrogens is 318 g/mol. The highest BCUT2D eigenvalue weighted by Crippen LogP contribution is 2.37. The van der Waals surface area contributed by atoms with Gasteiger partial charge in [0.25, 0.3) is 5.69 Å². The summed E-state index contributed by atoms with van der Waals surface area (Å²) >= 11 is 0. The predicted octanol–water partition coefficient (Wildman–Crippen LogP) is 3.42. The maximum Gasteiger partial charge on any atom is 0.292 e. The first-order valence-corrected chi connectivity index (χ1v) is 8.62. The molecule has 2 N–H and O–H groups in total. The molecule has 0 fully saturated rings. The Balaban J connectivity index is 1.78. The maximum absolute atomic E-state index is 11.3. The molecule has 0 amide bonds. The molecule has 132 valence electrons. The Morgan fingerprint density at radius 3 is 2.72 bits per heavy atom. The Bertz CT molecular complexity index is 757. The van der Waals surface area contributed by atoms with Gasteiger partial charge in [-0.25, -0.2) is 4.98 Å². The van der Waals surface area contributed by atoms with Crippen LogP contribution < -0.4 is 15.5 Å². The molecule has 0 bridgehead atoms. The van der Waals surface area contributed by atoms with Crippen LogP contribution in [-0.4, -0.2) is 29.5 Å². The first-order valence-electron chi connectivity index (χ1n) is 8.62. The third kappa shape index (κ3) is 3.50. The van der Waals surface area contributed by atoms with Crippen molar-refractivity contribution in [1.82, 2.24) is 4.98 Å². The van der Waals surface area contributed by atoms with E-state index in [2.05, 4.69) is 34.4 Å². The highest BCUT2D eigenvalue weighted by atomic mass is 16.6. The van der Waals surface area contributed by atoms with Crippen LogP contribution >= 0.6 is 0 Å². The zero-order valence-corrected chi connectivity index (χ0v) is 14.6. The first kappa shape index (κ1) is 17.0. The monoisotopic (exact) mass is 341 g/mol. The third-order valence-corrected chi connectivity index (χ3v) is 4.54. The van der Waals surface area contributed by atoms with Crippen molar-refractivity contribution < 1.29 is 4.92 Å². The second-order valence-electron chi connectivity index (χ2n) is 5.97. The standard InChI is InChI=1S/C18H23N5O2/c1-3-22(4-2)17-8-5-13(11-20-17)12-21-18-14-9-10-19-15(14)6-7-16(18)23(24)25/h5-8,11,19,21H,3-4,9-10,12H2,1-2H3. The number of nitro groups is 1. The van der Waals surface area contributed by atoms with Crippen LogP contribution in [0.2, 0.25) is 0 Å². The Kier molecular flexibility index (Phi) is 5.02. The zero-order valence-electron chi connectivity index (χ0n) is 14.6. The Morgan fingerprint density at radius 2 is 2.08 bits per heavy atom. The summed E-state index contributed by atoms with van der Waals surface area (Å²) in [6.07, 6.45) is 2.62. The molecule has 1 aliphatic rings. The highest BCUT2D eigenvalue weighted by Gasteiger charge is 2.23. The van der Waals surface area contributed by atoms with E-state index >= 15 is 0 Å². The molecule has 25 heavy (non-hydrogen) atoms. The second kappa shape index (κ2) is 7.38. The lowest BCUT2D eigenvalue weighted by atomic mass is 10.1. The lowest BCUT2D eigenvalue weighted by Crippen LogP contribution is -2.22. The van der Waals surface area contributed by atoms with Crippen LogP contribution in [0.5, 0.6) is 0 Å². The molecule has 0 saturated heterocycles. The largest absolute Gasteiger partial charge is 0.384 e. The van der Waals surface area contributed by atoms with Crippen molar-refractivity contribution in [3.8, 4) is 0 Å². The van der Waals surface area contributed by atoms with Gasteiger partial charge in [0.1, 0.15) is 11.5 Å². The quantitative estimate of drug-likeness (QED) is 0.593. The number of rotatable bonds is 7. The molecule has 0 unspecified atom stereocenters. The third-order valence-electron chi connectivity index (χ3n) is 4.54. The molecule has 2 aromatic rings. The minimum absolute atomic E-state index is 0.121. The van der Waals surface area contributed by atoms with Gasteiger partial charge in [-0.05, 0) is 38.0 Å². The summed E-state index contributed by atoms with van der Waals surface area (Å²) in [5, 5.41) is 17.9. The van der Waals surface area contributed by atoms with Crippen LogP contribution in [0.15, 0.2) is 30.5 Å². The Morgan fingerprint density at radius 1 is 1.28 bits per heavy atom. The molecule has 1 aliphatic heterocycles. The number of fused-ring (bicyclic) bond motifs is 1. The number of nitrogens with zero attached hydrogens (tertiary/aromatic N) is 3. The van der Waals surface area contributed by atoms with Crippen molar-refractivity contribution in [3.63, 3.8) is 0 Å².